The van der Waals surface area contributed by atoms with E-state index < -0.39 is 0 Å². The van der Waals surface area contributed by atoms with E-state index in [1.807, 2.05) is 12.1 Å². The van der Waals surface area contributed by atoms with Crippen molar-refractivity contribution in [3.8, 4) is 0 Å². The number of nitrogens with zero attached hydrogens (tertiary/aromatic N) is 3. The van der Waals surface area contributed by atoms with Crippen LogP contribution in [0.15, 0.2) is 47.7 Å². The number of halogens is 1. The third-order valence-electron chi connectivity index (χ3n) is 3.11. The molecule has 0 aliphatic heterocycles. The molecule has 3 aromatic rings. The Kier molecular flexibility index (Phi) is 4.90. The van der Waals surface area contributed by atoms with Crippen molar-refractivity contribution in [2.75, 3.05) is 5.32 Å². The second kappa shape index (κ2) is 6.86. The molecule has 3 heterocycles. The number of aryl methyl sites for hydroxylation is 1. The van der Waals surface area contributed by atoms with Crippen LogP contribution < -0.4 is 11.0 Å². The molecule has 22 heavy (non-hydrogen) atoms. The monoisotopic (exact) mass is 319 g/mol. The highest BCUT2D eigenvalue weighted by atomic mass is 35.5. The standard InChI is InChI=1S/C14H13N5O2.ClH/c20-12(4-3-10-5-7-15-8-6-10)16-11-2-1-9-19-13(11)17-18-14(19)21;/h1-2,5-9H,3-4H2,(H,16,20)(H,18,21);1H. The molecule has 0 aromatic carbocycles. The molecule has 3 aromatic heterocycles. The normalized spacial score (nSPS) is 10.2. The van der Waals surface area contributed by atoms with Crippen LogP contribution >= 0.6 is 12.4 Å². The Morgan fingerprint density at radius 1 is 1.27 bits per heavy atom. The minimum atomic E-state index is -0.335. The highest BCUT2D eigenvalue weighted by Crippen LogP contribution is 2.13. The summed E-state index contributed by atoms with van der Waals surface area (Å²) < 4.78 is 1.35. The summed E-state index contributed by atoms with van der Waals surface area (Å²) in [4.78, 5) is 27.4. The van der Waals surface area contributed by atoms with Crippen molar-refractivity contribution in [1.82, 2.24) is 19.6 Å². The van der Waals surface area contributed by atoms with Crippen LogP contribution in [0.5, 0.6) is 0 Å². The van der Waals surface area contributed by atoms with Gasteiger partial charge in [-0.25, -0.2) is 14.3 Å². The van der Waals surface area contributed by atoms with E-state index in [0.717, 1.165) is 5.56 Å². The zero-order chi connectivity index (χ0) is 14.7. The number of carbonyl (C=O) groups is 1. The van der Waals surface area contributed by atoms with Crippen LogP contribution in [0.1, 0.15) is 12.0 Å². The van der Waals surface area contributed by atoms with E-state index in [2.05, 4.69) is 20.5 Å². The maximum atomic E-state index is 12.0. The lowest BCUT2D eigenvalue weighted by atomic mass is 10.1. The molecule has 0 saturated heterocycles. The first-order chi connectivity index (χ1) is 10.2. The summed E-state index contributed by atoms with van der Waals surface area (Å²) in [6.07, 6.45) is 5.96. The molecule has 2 N–H and O–H groups in total. The smallest absolute Gasteiger partial charge is 0.323 e. The second-order valence-electron chi connectivity index (χ2n) is 4.55. The average Bonchev–Trinajstić information content (AvgIpc) is 2.89. The van der Waals surface area contributed by atoms with Crippen LogP contribution in [0, 0.1) is 0 Å². The van der Waals surface area contributed by atoms with Crippen molar-refractivity contribution in [2.24, 2.45) is 0 Å². The van der Waals surface area contributed by atoms with Crippen LogP contribution in [-0.4, -0.2) is 25.5 Å². The minimum absolute atomic E-state index is 0. The number of H-pyrrole nitrogens is 1. The zero-order valence-electron chi connectivity index (χ0n) is 11.5. The molecular weight excluding hydrogens is 306 g/mol. The third-order valence-corrected chi connectivity index (χ3v) is 3.11. The molecule has 114 valence electrons. The molecule has 0 fully saturated rings. The lowest BCUT2D eigenvalue weighted by Crippen LogP contribution is -2.14. The molecular formula is C14H14ClN5O2. The maximum Gasteiger partial charge on any atom is 0.347 e. The molecule has 0 saturated carbocycles. The van der Waals surface area contributed by atoms with E-state index in [0.29, 0.717) is 24.2 Å². The molecule has 0 aliphatic carbocycles. The van der Waals surface area contributed by atoms with Gasteiger partial charge >= 0.3 is 5.69 Å². The summed E-state index contributed by atoms with van der Waals surface area (Å²) >= 11 is 0. The molecule has 0 spiro atoms. The van der Waals surface area contributed by atoms with E-state index in [1.165, 1.54) is 4.40 Å². The Balaban J connectivity index is 0.00000176. The number of anilines is 1. The molecule has 1 amide bonds. The SMILES string of the molecule is Cl.O=C(CCc1ccncc1)Nc1cccn2c(=O)[nH]nc12. The number of amides is 1. The molecule has 0 aliphatic rings. The molecule has 7 nitrogen and oxygen atoms in total. The van der Waals surface area contributed by atoms with Gasteiger partial charge in [0, 0.05) is 25.0 Å². The number of rotatable bonds is 4. The second-order valence-corrected chi connectivity index (χ2v) is 4.55. The van der Waals surface area contributed by atoms with Crippen LogP contribution in [0.2, 0.25) is 0 Å². The number of aromatic amines is 1. The van der Waals surface area contributed by atoms with Crippen LogP contribution in [0.4, 0.5) is 5.69 Å². The minimum Gasteiger partial charge on any atom is -0.323 e. The van der Waals surface area contributed by atoms with Gasteiger partial charge in [-0.05, 0) is 36.2 Å². The van der Waals surface area contributed by atoms with Gasteiger partial charge in [-0.1, -0.05) is 0 Å². The largest absolute Gasteiger partial charge is 0.347 e. The first kappa shape index (κ1) is 15.7. The van der Waals surface area contributed by atoms with Gasteiger partial charge in [0.15, 0.2) is 5.65 Å². The maximum absolute atomic E-state index is 12.0. The van der Waals surface area contributed by atoms with E-state index >= 15 is 0 Å². The summed E-state index contributed by atoms with van der Waals surface area (Å²) in [5.41, 5.74) is 1.63. The Morgan fingerprint density at radius 3 is 2.82 bits per heavy atom. The molecule has 0 atom stereocenters. The van der Waals surface area contributed by atoms with Gasteiger partial charge in [0.2, 0.25) is 5.91 Å². The quantitative estimate of drug-likeness (QED) is 0.760. The first-order valence-electron chi connectivity index (χ1n) is 6.48. The molecule has 3 rings (SSSR count). The average molecular weight is 320 g/mol. The molecule has 0 radical (unpaired) electrons. The fourth-order valence-electron chi connectivity index (χ4n) is 2.05. The van der Waals surface area contributed by atoms with Crippen molar-refractivity contribution in [1.29, 1.82) is 0 Å². The molecule has 0 unspecified atom stereocenters. The molecule has 8 heteroatoms. The van der Waals surface area contributed by atoms with Crippen molar-refractivity contribution in [3.63, 3.8) is 0 Å². The van der Waals surface area contributed by atoms with Gasteiger partial charge in [-0.3, -0.25) is 9.78 Å². The first-order valence-corrected chi connectivity index (χ1v) is 6.48. The number of carbonyl (C=O) groups excluding carboxylic acids is 1. The summed E-state index contributed by atoms with van der Waals surface area (Å²) in [5, 5.41) is 9.01. The topological polar surface area (TPSA) is 92.2 Å². The van der Waals surface area contributed by atoms with E-state index in [1.54, 1.807) is 30.7 Å². The third kappa shape index (κ3) is 3.32. The van der Waals surface area contributed by atoms with Gasteiger partial charge in [0.1, 0.15) is 0 Å². The number of hydrogen-bond donors (Lipinski definition) is 2. The predicted octanol–water partition coefficient (Wildman–Crippen LogP) is 1.41. The summed E-state index contributed by atoms with van der Waals surface area (Å²) in [7, 11) is 0. The highest BCUT2D eigenvalue weighted by molar-refractivity contribution is 5.94. The van der Waals surface area contributed by atoms with Gasteiger partial charge in [0.05, 0.1) is 5.69 Å². The summed E-state index contributed by atoms with van der Waals surface area (Å²) in [5.74, 6) is -0.129. The van der Waals surface area contributed by atoms with Crippen molar-refractivity contribution in [2.45, 2.75) is 12.8 Å². The van der Waals surface area contributed by atoms with Crippen molar-refractivity contribution < 1.29 is 4.79 Å². The zero-order valence-corrected chi connectivity index (χ0v) is 12.3. The van der Waals surface area contributed by atoms with Crippen molar-refractivity contribution in [3.05, 3.63) is 58.9 Å². The van der Waals surface area contributed by atoms with Gasteiger partial charge < -0.3 is 5.32 Å². The fraction of sp³-hybridized carbons (Fsp3) is 0.143. The van der Waals surface area contributed by atoms with Gasteiger partial charge in [-0.2, -0.15) is 5.10 Å². The number of fused-ring (bicyclic) bond motifs is 1. The van der Waals surface area contributed by atoms with E-state index in [-0.39, 0.29) is 24.0 Å². The molecule has 0 bridgehead atoms. The number of aromatic nitrogens is 4. The lowest BCUT2D eigenvalue weighted by molar-refractivity contribution is -0.116. The number of pyridine rings is 2. The Morgan fingerprint density at radius 2 is 2.05 bits per heavy atom. The van der Waals surface area contributed by atoms with Crippen molar-refractivity contribution >= 4 is 29.6 Å². The summed E-state index contributed by atoms with van der Waals surface area (Å²) in [6, 6.07) is 7.14. The van der Waals surface area contributed by atoms with Crippen LogP contribution in [-0.2, 0) is 11.2 Å². The predicted molar refractivity (Wildman–Crippen MR) is 84.2 cm³/mol. The van der Waals surface area contributed by atoms with Crippen LogP contribution in [0.3, 0.4) is 0 Å². The number of nitrogens with one attached hydrogen (secondary N) is 2. The van der Waals surface area contributed by atoms with Crippen LogP contribution in [0.25, 0.3) is 5.65 Å². The Hall–Kier alpha value is -2.67. The van der Waals surface area contributed by atoms with Gasteiger partial charge in [0.25, 0.3) is 0 Å². The Bertz CT molecular complexity index is 828. The summed E-state index contributed by atoms with van der Waals surface area (Å²) in [6.45, 7) is 0. The Labute approximate surface area is 131 Å². The lowest BCUT2D eigenvalue weighted by Gasteiger charge is -2.05. The highest BCUT2D eigenvalue weighted by Gasteiger charge is 2.09. The van der Waals surface area contributed by atoms with E-state index in [4.69, 9.17) is 0 Å². The van der Waals surface area contributed by atoms with E-state index in [9.17, 15) is 9.59 Å². The fourth-order valence-corrected chi connectivity index (χ4v) is 2.05. The van der Waals surface area contributed by atoms with Gasteiger partial charge in [-0.15, -0.1) is 12.4 Å². The number of hydrogen-bond acceptors (Lipinski definition) is 4.